The van der Waals surface area contributed by atoms with E-state index in [0.29, 0.717) is 6.42 Å². The van der Waals surface area contributed by atoms with Gasteiger partial charge in [-0.3, -0.25) is 4.79 Å². The van der Waals surface area contributed by atoms with Gasteiger partial charge in [-0.25, -0.2) is 8.42 Å². The highest BCUT2D eigenvalue weighted by Crippen LogP contribution is 2.40. The molecule has 2 rings (SSSR count). The first-order valence-electron chi connectivity index (χ1n) is 6.12. The number of thioether (sulfide) groups is 1. The monoisotopic (exact) mass is 369 g/mol. The molecular formula is C12H13Cl2NO4S2. The Balaban J connectivity index is 2.58. The average Bonchev–Trinajstić information content (AvgIpc) is 2.82. The molecule has 0 aliphatic carbocycles. The van der Waals surface area contributed by atoms with Gasteiger partial charge in [0.05, 0.1) is 15.4 Å². The van der Waals surface area contributed by atoms with Crippen LogP contribution in [0.4, 0.5) is 0 Å². The lowest BCUT2D eigenvalue weighted by Crippen LogP contribution is -2.45. The second-order valence-electron chi connectivity index (χ2n) is 4.44. The molecule has 5 nitrogen and oxygen atoms in total. The summed E-state index contributed by atoms with van der Waals surface area (Å²) in [7, 11) is -4.09. The standard InChI is InChI=1S/C12H13Cl2NO4S2/c1-2-10-15(9(6-20-10)12(16)17)21(18,19)11-7(13)4-3-5-8(11)14/h3-5,9-10H,2,6H2,1H3,(H,16,17). The Hall–Kier alpha value is -0.470. The van der Waals surface area contributed by atoms with Crippen LogP contribution in [0.1, 0.15) is 13.3 Å². The summed E-state index contributed by atoms with van der Waals surface area (Å²) in [6, 6.07) is 3.26. The Kier molecular flexibility index (Phi) is 5.10. The van der Waals surface area contributed by atoms with Gasteiger partial charge >= 0.3 is 5.97 Å². The van der Waals surface area contributed by atoms with Gasteiger partial charge in [-0.05, 0) is 18.6 Å². The molecule has 0 aromatic heterocycles. The summed E-state index contributed by atoms with van der Waals surface area (Å²) >= 11 is 13.2. The second kappa shape index (κ2) is 6.34. The lowest BCUT2D eigenvalue weighted by molar-refractivity contribution is -0.140. The van der Waals surface area contributed by atoms with Gasteiger partial charge in [0.1, 0.15) is 10.9 Å². The number of carboxylic acid groups (broad SMARTS) is 1. The van der Waals surface area contributed by atoms with Crippen molar-refractivity contribution in [3.63, 3.8) is 0 Å². The predicted molar refractivity (Wildman–Crippen MR) is 83.4 cm³/mol. The molecule has 1 saturated heterocycles. The van der Waals surface area contributed by atoms with E-state index >= 15 is 0 Å². The van der Waals surface area contributed by atoms with E-state index in [2.05, 4.69) is 0 Å². The van der Waals surface area contributed by atoms with E-state index in [9.17, 15) is 18.3 Å². The molecule has 0 bridgehead atoms. The molecule has 2 unspecified atom stereocenters. The summed E-state index contributed by atoms with van der Waals surface area (Å²) in [5.74, 6) is -0.972. The van der Waals surface area contributed by atoms with Gasteiger partial charge in [0.15, 0.2) is 0 Å². The topological polar surface area (TPSA) is 74.7 Å². The summed E-state index contributed by atoms with van der Waals surface area (Å²) in [6.07, 6.45) is 0.496. The summed E-state index contributed by atoms with van der Waals surface area (Å²) in [5, 5.41) is 8.79. The van der Waals surface area contributed by atoms with Crippen molar-refractivity contribution in [2.75, 3.05) is 5.75 Å². The number of aliphatic carboxylic acids is 1. The quantitative estimate of drug-likeness (QED) is 0.882. The zero-order valence-electron chi connectivity index (χ0n) is 11.0. The lowest BCUT2D eigenvalue weighted by atomic mass is 10.3. The van der Waals surface area contributed by atoms with Crippen LogP contribution in [0.5, 0.6) is 0 Å². The normalized spacial score (nSPS) is 23.4. The van der Waals surface area contributed by atoms with Crippen molar-refractivity contribution in [1.29, 1.82) is 0 Å². The first-order chi connectivity index (χ1) is 9.80. The van der Waals surface area contributed by atoms with Crippen molar-refractivity contribution < 1.29 is 18.3 Å². The number of hydrogen-bond acceptors (Lipinski definition) is 4. The summed E-state index contributed by atoms with van der Waals surface area (Å²) < 4.78 is 26.7. The van der Waals surface area contributed by atoms with Crippen molar-refractivity contribution >= 4 is 51.0 Å². The van der Waals surface area contributed by atoms with Gasteiger partial charge in [-0.15, -0.1) is 11.8 Å². The minimum absolute atomic E-state index is 0.0154. The van der Waals surface area contributed by atoms with E-state index < -0.39 is 27.4 Å². The van der Waals surface area contributed by atoms with E-state index in [4.69, 9.17) is 23.2 Å². The van der Waals surface area contributed by atoms with Crippen LogP contribution in [-0.2, 0) is 14.8 Å². The fourth-order valence-corrected chi connectivity index (χ4v) is 6.82. The average molecular weight is 370 g/mol. The van der Waals surface area contributed by atoms with Gasteiger partial charge in [0.25, 0.3) is 0 Å². The molecule has 1 fully saturated rings. The van der Waals surface area contributed by atoms with Crippen molar-refractivity contribution in [2.24, 2.45) is 0 Å². The molecule has 9 heteroatoms. The molecule has 1 aliphatic rings. The van der Waals surface area contributed by atoms with Crippen LogP contribution in [-0.4, -0.2) is 41.0 Å². The molecule has 116 valence electrons. The second-order valence-corrected chi connectivity index (χ2v) is 8.24. The largest absolute Gasteiger partial charge is 0.480 e. The Bertz CT molecular complexity index is 645. The van der Waals surface area contributed by atoms with E-state index in [-0.39, 0.29) is 20.7 Å². The van der Waals surface area contributed by atoms with Gasteiger partial charge in [0, 0.05) is 5.75 Å². The van der Waals surface area contributed by atoms with E-state index in [0.717, 1.165) is 4.31 Å². The Morgan fingerprint density at radius 1 is 1.43 bits per heavy atom. The van der Waals surface area contributed by atoms with Crippen LogP contribution >= 0.6 is 35.0 Å². The fraction of sp³-hybridized carbons (Fsp3) is 0.417. The maximum atomic E-state index is 12.8. The third-order valence-electron chi connectivity index (χ3n) is 3.13. The molecule has 1 aromatic rings. The number of nitrogens with zero attached hydrogens (tertiary/aromatic N) is 1. The van der Waals surface area contributed by atoms with Crippen molar-refractivity contribution in [1.82, 2.24) is 4.31 Å². The molecule has 0 amide bonds. The van der Waals surface area contributed by atoms with Crippen LogP contribution in [0, 0.1) is 0 Å². The lowest BCUT2D eigenvalue weighted by Gasteiger charge is -2.26. The highest BCUT2D eigenvalue weighted by Gasteiger charge is 2.46. The zero-order chi connectivity index (χ0) is 15.8. The van der Waals surface area contributed by atoms with Crippen LogP contribution in [0.2, 0.25) is 10.0 Å². The minimum atomic E-state index is -4.09. The first kappa shape index (κ1) is 16.9. The summed E-state index contributed by atoms with van der Waals surface area (Å²) in [5.41, 5.74) is 0. The number of carbonyl (C=O) groups is 1. The highest BCUT2D eigenvalue weighted by molar-refractivity contribution is 8.01. The molecule has 21 heavy (non-hydrogen) atoms. The number of halogens is 2. The van der Waals surface area contributed by atoms with Gasteiger partial charge < -0.3 is 5.11 Å². The van der Waals surface area contributed by atoms with E-state index in [1.807, 2.05) is 0 Å². The Labute approximate surface area is 137 Å². The molecule has 0 radical (unpaired) electrons. The van der Waals surface area contributed by atoms with Gasteiger partial charge in [0.2, 0.25) is 10.0 Å². The molecule has 1 heterocycles. The van der Waals surface area contributed by atoms with Gasteiger partial charge in [-0.2, -0.15) is 4.31 Å². The third-order valence-corrected chi connectivity index (χ3v) is 7.59. The Morgan fingerprint density at radius 2 is 2.00 bits per heavy atom. The van der Waals surface area contributed by atoms with E-state index in [1.54, 1.807) is 6.92 Å². The molecule has 1 aliphatic heterocycles. The predicted octanol–water partition coefficient (Wildman–Crippen LogP) is 2.92. The van der Waals surface area contributed by atoms with Crippen molar-refractivity contribution in [2.45, 2.75) is 29.7 Å². The first-order valence-corrected chi connectivity index (χ1v) is 9.37. The molecule has 1 aromatic carbocycles. The minimum Gasteiger partial charge on any atom is -0.480 e. The molecule has 0 saturated carbocycles. The van der Waals surface area contributed by atoms with Crippen molar-refractivity contribution in [3.05, 3.63) is 28.2 Å². The smallest absolute Gasteiger partial charge is 0.322 e. The number of sulfonamides is 1. The van der Waals surface area contributed by atoms with Gasteiger partial charge in [-0.1, -0.05) is 36.2 Å². The fourth-order valence-electron chi connectivity index (χ4n) is 2.18. The zero-order valence-corrected chi connectivity index (χ0v) is 14.1. The number of hydrogen-bond donors (Lipinski definition) is 1. The molecule has 2 atom stereocenters. The number of benzene rings is 1. The number of rotatable bonds is 4. The van der Waals surface area contributed by atoms with Crippen LogP contribution in [0.3, 0.4) is 0 Å². The molecule has 1 N–H and O–H groups in total. The highest BCUT2D eigenvalue weighted by atomic mass is 35.5. The molecule has 0 spiro atoms. The maximum Gasteiger partial charge on any atom is 0.322 e. The Morgan fingerprint density at radius 3 is 2.48 bits per heavy atom. The van der Waals surface area contributed by atoms with Crippen molar-refractivity contribution in [3.8, 4) is 0 Å². The van der Waals surface area contributed by atoms with Crippen LogP contribution in [0.15, 0.2) is 23.1 Å². The van der Waals surface area contributed by atoms with E-state index in [1.165, 1.54) is 30.0 Å². The number of carboxylic acids is 1. The maximum absolute atomic E-state index is 12.8. The summed E-state index contributed by atoms with van der Waals surface area (Å²) in [4.78, 5) is 11.1. The SMILES string of the molecule is CCC1SCC(C(=O)O)N1S(=O)(=O)c1c(Cl)cccc1Cl. The van der Waals surface area contributed by atoms with Crippen LogP contribution in [0.25, 0.3) is 0 Å². The third kappa shape index (κ3) is 3.03. The van der Waals surface area contributed by atoms with Crippen LogP contribution < -0.4 is 0 Å². The summed E-state index contributed by atoms with van der Waals surface area (Å²) in [6.45, 7) is 1.80. The molecular weight excluding hydrogens is 357 g/mol.